The first-order valence-electron chi connectivity index (χ1n) is 6.05. The summed E-state index contributed by atoms with van der Waals surface area (Å²) in [5, 5.41) is 2.99. The van der Waals surface area contributed by atoms with E-state index in [0.717, 1.165) is 17.7 Å². The highest BCUT2D eigenvalue weighted by molar-refractivity contribution is 6.33. The molecule has 2 aromatic rings. The molecular formula is C15H13ClF3N. The normalized spacial score (nSPS) is 12.5. The van der Waals surface area contributed by atoms with E-state index in [1.54, 1.807) is 19.2 Å². The molecule has 0 saturated heterocycles. The smallest absolute Gasteiger partial charge is 0.160 e. The molecule has 0 bridgehead atoms. The minimum atomic E-state index is -1.06. The van der Waals surface area contributed by atoms with E-state index >= 15 is 0 Å². The van der Waals surface area contributed by atoms with Crippen molar-refractivity contribution in [3.63, 3.8) is 0 Å². The topological polar surface area (TPSA) is 12.0 Å². The average molecular weight is 300 g/mol. The van der Waals surface area contributed by atoms with Gasteiger partial charge >= 0.3 is 0 Å². The van der Waals surface area contributed by atoms with Gasteiger partial charge in [0.15, 0.2) is 11.6 Å². The van der Waals surface area contributed by atoms with Crippen molar-refractivity contribution in [1.29, 1.82) is 0 Å². The SMILES string of the molecule is CNC(C)c1ccc(F)c(-c2cc(F)c(F)cc2Cl)c1. The van der Waals surface area contributed by atoms with Crippen LogP contribution < -0.4 is 5.32 Å². The Labute approximate surface area is 120 Å². The fourth-order valence-corrected chi connectivity index (χ4v) is 2.17. The van der Waals surface area contributed by atoms with Gasteiger partial charge in [-0.3, -0.25) is 0 Å². The minimum absolute atomic E-state index is 0.00146. The molecule has 1 atom stereocenters. The van der Waals surface area contributed by atoms with Crippen LogP contribution in [0.1, 0.15) is 18.5 Å². The molecule has 0 amide bonds. The van der Waals surface area contributed by atoms with Gasteiger partial charge in [-0.25, -0.2) is 13.2 Å². The predicted molar refractivity (Wildman–Crippen MR) is 74.2 cm³/mol. The zero-order valence-electron chi connectivity index (χ0n) is 11.0. The standard InChI is InChI=1S/C15H13ClF3N/c1-8(20-2)9-3-4-13(17)11(5-9)10-6-14(18)15(19)7-12(10)16/h3-8,20H,1-2H3. The lowest BCUT2D eigenvalue weighted by Crippen LogP contribution is -2.12. The van der Waals surface area contributed by atoms with Crippen molar-refractivity contribution in [2.75, 3.05) is 7.05 Å². The first kappa shape index (κ1) is 14.9. The summed E-state index contributed by atoms with van der Waals surface area (Å²) < 4.78 is 40.3. The van der Waals surface area contributed by atoms with E-state index in [2.05, 4.69) is 5.32 Å². The van der Waals surface area contributed by atoms with Crippen molar-refractivity contribution in [3.05, 3.63) is 58.4 Å². The maximum atomic E-state index is 13.9. The Bertz CT molecular complexity index is 643. The molecule has 0 saturated carbocycles. The number of hydrogen-bond donors (Lipinski definition) is 1. The Hall–Kier alpha value is -1.52. The Kier molecular flexibility index (Phi) is 4.35. The van der Waals surface area contributed by atoms with Crippen molar-refractivity contribution in [2.45, 2.75) is 13.0 Å². The molecule has 1 nitrogen and oxygen atoms in total. The van der Waals surface area contributed by atoms with Crippen LogP contribution >= 0.6 is 11.6 Å². The van der Waals surface area contributed by atoms with E-state index < -0.39 is 17.5 Å². The average Bonchev–Trinajstić information content (AvgIpc) is 2.43. The summed E-state index contributed by atoms with van der Waals surface area (Å²) in [5.41, 5.74) is 1.10. The Morgan fingerprint density at radius 1 is 0.950 bits per heavy atom. The Morgan fingerprint density at radius 3 is 2.25 bits per heavy atom. The minimum Gasteiger partial charge on any atom is -0.313 e. The number of halogens is 4. The van der Waals surface area contributed by atoms with Crippen molar-refractivity contribution in [1.82, 2.24) is 5.32 Å². The molecule has 0 heterocycles. The van der Waals surface area contributed by atoms with Gasteiger partial charge in [-0.1, -0.05) is 17.7 Å². The Morgan fingerprint density at radius 2 is 1.60 bits per heavy atom. The lowest BCUT2D eigenvalue weighted by molar-refractivity contribution is 0.509. The number of hydrogen-bond acceptors (Lipinski definition) is 1. The first-order chi connectivity index (χ1) is 9.43. The lowest BCUT2D eigenvalue weighted by Gasteiger charge is -2.14. The van der Waals surface area contributed by atoms with Crippen LogP contribution in [0.25, 0.3) is 11.1 Å². The van der Waals surface area contributed by atoms with Crippen molar-refractivity contribution in [3.8, 4) is 11.1 Å². The van der Waals surface area contributed by atoms with Gasteiger partial charge < -0.3 is 5.32 Å². The van der Waals surface area contributed by atoms with Gasteiger partial charge in [0.05, 0.1) is 5.02 Å². The molecular weight excluding hydrogens is 287 g/mol. The highest BCUT2D eigenvalue weighted by Crippen LogP contribution is 2.33. The molecule has 0 aromatic heterocycles. The second-order valence-corrected chi connectivity index (χ2v) is 4.90. The molecule has 0 fully saturated rings. The molecule has 2 rings (SSSR count). The fourth-order valence-electron chi connectivity index (χ4n) is 1.91. The van der Waals surface area contributed by atoms with E-state index in [9.17, 15) is 13.2 Å². The molecule has 1 unspecified atom stereocenters. The Balaban J connectivity index is 2.60. The van der Waals surface area contributed by atoms with Gasteiger partial charge in [-0.15, -0.1) is 0 Å². The second kappa shape index (κ2) is 5.85. The molecule has 0 aliphatic heterocycles. The summed E-state index contributed by atoms with van der Waals surface area (Å²) in [6.45, 7) is 1.91. The summed E-state index contributed by atoms with van der Waals surface area (Å²) in [6.07, 6.45) is 0. The maximum absolute atomic E-state index is 13.9. The zero-order valence-corrected chi connectivity index (χ0v) is 11.7. The molecule has 0 radical (unpaired) electrons. The second-order valence-electron chi connectivity index (χ2n) is 4.50. The van der Waals surface area contributed by atoms with Crippen LogP contribution in [0.3, 0.4) is 0 Å². The third kappa shape index (κ3) is 2.81. The first-order valence-corrected chi connectivity index (χ1v) is 6.43. The highest BCUT2D eigenvalue weighted by atomic mass is 35.5. The third-order valence-corrected chi connectivity index (χ3v) is 3.54. The van der Waals surface area contributed by atoms with E-state index in [1.807, 2.05) is 6.92 Å². The van der Waals surface area contributed by atoms with Gasteiger partial charge in [-0.2, -0.15) is 0 Å². The molecule has 1 N–H and O–H groups in total. The molecule has 0 spiro atoms. The predicted octanol–water partition coefficient (Wildman–Crippen LogP) is 4.70. The van der Waals surface area contributed by atoms with E-state index in [0.29, 0.717) is 0 Å². The van der Waals surface area contributed by atoms with Crippen molar-refractivity contribution in [2.24, 2.45) is 0 Å². The monoisotopic (exact) mass is 299 g/mol. The highest BCUT2D eigenvalue weighted by Gasteiger charge is 2.15. The summed E-state index contributed by atoms with van der Waals surface area (Å²) in [7, 11) is 1.78. The quantitative estimate of drug-likeness (QED) is 0.810. The van der Waals surface area contributed by atoms with Crippen LogP contribution in [-0.4, -0.2) is 7.05 Å². The molecule has 20 heavy (non-hydrogen) atoms. The van der Waals surface area contributed by atoms with Crippen molar-refractivity contribution < 1.29 is 13.2 Å². The number of benzene rings is 2. The largest absolute Gasteiger partial charge is 0.313 e. The van der Waals surface area contributed by atoms with Crippen LogP contribution in [0, 0.1) is 17.5 Å². The van der Waals surface area contributed by atoms with Gasteiger partial charge in [0.1, 0.15) is 5.82 Å². The summed E-state index contributed by atoms with van der Waals surface area (Å²) in [4.78, 5) is 0. The van der Waals surface area contributed by atoms with Crippen LogP contribution in [0.15, 0.2) is 30.3 Å². The summed E-state index contributed by atoms with van der Waals surface area (Å²) in [6, 6.07) is 6.25. The summed E-state index contributed by atoms with van der Waals surface area (Å²) in [5.74, 6) is -2.65. The molecule has 2 aromatic carbocycles. The van der Waals surface area contributed by atoms with Crippen LogP contribution in [0.4, 0.5) is 13.2 Å². The molecule has 0 aliphatic carbocycles. The zero-order chi connectivity index (χ0) is 14.9. The van der Waals surface area contributed by atoms with Crippen molar-refractivity contribution >= 4 is 11.6 Å². The van der Waals surface area contributed by atoms with E-state index in [4.69, 9.17) is 11.6 Å². The van der Waals surface area contributed by atoms with Gasteiger partial charge in [-0.05, 0) is 43.8 Å². The van der Waals surface area contributed by atoms with Crippen LogP contribution in [-0.2, 0) is 0 Å². The number of nitrogens with one attached hydrogen (secondary N) is 1. The molecule has 106 valence electrons. The van der Waals surface area contributed by atoms with Gasteiger partial charge in [0.25, 0.3) is 0 Å². The van der Waals surface area contributed by atoms with Crippen LogP contribution in [0.5, 0.6) is 0 Å². The number of rotatable bonds is 3. The van der Waals surface area contributed by atoms with E-state index in [1.165, 1.54) is 6.07 Å². The van der Waals surface area contributed by atoms with Crippen LogP contribution in [0.2, 0.25) is 5.02 Å². The fraction of sp³-hybridized carbons (Fsp3) is 0.200. The van der Waals surface area contributed by atoms with Gasteiger partial charge in [0, 0.05) is 17.2 Å². The summed E-state index contributed by atoms with van der Waals surface area (Å²) >= 11 is 5.88. The molecule has 0 aliphatic rings. The van der Waals surface area contributed by atoms with E-state index in [-0.39, 0.29) is 22.2 Å². The third-order valence-electron chi connectivity index (χ3n) is 3.22. The molecule has 5 heteroatoms. The lowest BCUT2D eigenvalue weighted by atomic mass is 9.99. The maximum Gasteiger partial charge on any atom is 0.160 e. The van der Waals surface area contributed by atoms with Gasteiger partial charge in [0.2, 0.25) is 0 Å².